The average molecular weight is 274 g/mol. The summed E-state index contributed by atoms with van der Waals surface area (Å²) in [5, 5.41) is 10.7. The number of nitro benzene ring substituents is 1. The van der Waals surface area contributed by atoms with Crippen molar-refractivity contribution >= 4 is 23.0 Å². The molecule has 0 aromatic heterocycles. The zero-order valence-corrected chi connectivity index (χ0v) is 10.9. The average Bonchev–Trinajstić information content (AvgIpc) is 2.46. The summed E-state index contributed by atoms with van der Waals surface area (Å²) in [6.45, 7) is 4.48. The van der Waals surface area contributed by atoms with Crippen LogP contribution in [0.5, 0.6) is 0 Å². The molecule has 2 rings (SSSR count). The Labute approximate surface area is 115 Å². The van der Waals surface area contributed by atoms with Crippen molar-refractivity contribution in [2.45, 2.75) is 12.8 Å². The topological polar surface area (TPSA) is 80.5 Å². The van der Waals surface area contributed by atoms with Crippen LogP contribution in [0.15, 0.2) is 30.8 Å². The standard InChI is InChI=1S/C14H14N2O4/c1-10(11-3-2-4-12(9-11)16(19)20)14(18)15-7-5-13(17)6-8-15/h2-4,9H,1,5-8H2. The first-order valence-electron chi connectivity index (χ1n) is 6.24. The van der Waals surface area contributed by atoms with Crippen LogP contribution in [-0.4, -0.2) is 34.6 Å². The van der Waals surface area contributed by atoms with Gasteiger partial charge in [0.05, 0.1) is 4.92 Å². The van der Waals surface area contributed by atoms with Gasteiger partial charge in [-0.3, -0.25) is 19.7 Å². The molecular weight excluding hydrogens is 260 g/mol. The molecule has 1 saturated heterocycles. The molecular formula is C14H14N2O4. The second-order valence-corrected chi connectivity index (χ2v) is 4.62. The van der Waals surface area contributed by atoms with Crippen molar-refractivity contribution in [1.29, 1.82) is 0 Å². The van der Waals surface area contributed by atoms with Gasteiger partial charge < -0.3 is 4.90 Å². The van der Waals surface area contributed by atoms with Gasteiger partial charge in [-0.2, -0.15) is 0 Å². The SMILES string of the molecule is C=C(C(=O)N1CCC(=O)CC1)c1cccc([N+](=O)[O-])c1. The summed E-state index contributed by atoms with van der Waals surface area (Å²) in [6.07, 6.45) is 0.710. The quantitative estimate of drug-likeness (QED) is 0.478. The molecule has 104 valence electrons. The summed E-state index contributed by atoms with van der Waals surface area (Å²) in [6, 6.07) is 5.82. The molecule has 1 aromatic rings. The van der Waals surface area contributed by atoms with Gasteiger partial charge in [-0.15, -0.1) is 0 Å². The number of non-ortho nitro benzene ring substituents is 1. The summed E-state index contributed by atoms with van der Waals surface area (Å²) < 4.78 is 0. The normalized spacial score (nSPS) is 15.0. The monoisotopic (exact) mass is 274 g/mol. The van der Waals surface area contributed by atoms with Gasteiger partial charge in [0.2, 0.25) is 0 Å². The summed E-state index contributed by atoms with van der Waals surface area (Å²) >= 11 is 0. The number of piperidine rings is 1. The Kier molecular flexibility index (Phi) is 3.93. The summed E-state index contributed by atoms with van der Waals surface area (Å²) in [7, 11) is 0. The fourth-order valence-corrected chi connectivity index (χ4v) is 2.08. The number of nitro groups is 1. The van der Waals surface area contributed by atoms with Crippen molar-refractivity contribution < 1.29 is 14.5 Å². The van der Waals surface area contributed by atoms with Crippen LogP contribution in [0.25, 0.3) is 5.57 Å². The highest BCUT2D eigenvalue weighted by atomic mass is 16.6. The Hall–Kier alpha value is -2.50. The highest BCUT2D eigenvalue weighted by Gasteiger charge is 2.23. The van der Waals surface area contributed by atoms with Crippen molar-refractivity contribution in [3.63, 3.8) is 0 Å². The number of amides is 1. The maximum Gasteiger partial charge on any atom is 0.270 e. The number of likely N-dealkylation sites (tertiary alicyclic amines) is 1. The van der Waals surface area contributed by atoms with Crippen LogP contribution in [0.1, 0.15) is 18.4 Å². The predicted molar refractivity (Wildman–Crippen MR) is 73.0 cm³/mol. The van der Waals surface area contributed by atoms with Crippen LogP contribution in [-0.2, 0) is 9.59 Å². The lowest BCUT2D eigenvalue weighted by Gasteiger charge is -2.26. The minimum atomic E-state index is -0.513. The molecule has 6 heteroatoms. The highest BCUT2D eigenvalue weighted by molar-refractivity contribution is 6.19. The number of ketones is 1. The molecule has 20 heavy (non-hydrogen) atoms. The van der Waals surface area contributed by atoms with Crippen molar-refractivity contribution in [3.05, 3.63) is 46.5 Å². The molecule has 0 spiro atoms. The van der Waals surface area contributed by atoms with Gasteiger partial charge in [-0.05, 0) is 5.56 Å². The van der Waals surface area contributed by atoms with Crippen LogP contribution < -0.4 is 0 Å². The first kappa shape index (κ1) is 13.9. The third-order valence-electron chi connectivity index (χ3n) is 3.27. The number of carbonyl (C=O) groups excluding carboxylic acids is 2. The minimum absolute atomic E-state index is 0.0785. The van der Waals surface area contributed by atoms with E-state index in [0.717, 1.165) is 0 Å². The largest absolute Gasteiger partial charge is 0.338 e. The van der Waals surface area contributed by atoms with Gasteiger partial charge in [0.1, 0.15) is 5.78 Å². The lowest BCUT2D eigenvalue weighted by Crippen LogP contribution is -2.38. The molecule has 0 aliphatic carbocycles. The molecule has 1 amide bonds. The highest BCUT2D eigenvalue weighted by Crippen LogP contribution is 2.21. The third-order valence-corrected chi connectivity index (χ3v) is 3.27. The van der Waals surface area contributed by atoms with E-state index in [-0.39, 0.29) is 23.0 Å². The number of hydrogen-bond acceptors (Lipinski definition) is 4. The Morgan fingerprint density at radius 2 is 1.95 bits per heavy atom. The van der Waals surface area contributed by atoms with Crippen molar-refractivity contribution in [2.75, 3.05) is 13.1 Å². The van der Waals surface area contributed by atoms with Gasteiger partial charge in [0.15, 0.2) is 0 Å². The van der Waals surface area contributed by atoms with E-state index in [4.69, 9.17) is 0 Å². The van der Waals surface area contributed by atoms with E-state index in [9.17, 15) is 19.7 Å². The van der Waals surface area contributed by atoms with E-state index < -0.39 is 4.92 Å². The lowest BCUT2D eigenvalue weighted by molar-refractivity contribution is -0.384. The summed E-state index contributed by atoms with van der Waals surface area (Å²) in [4.78, 5) is 35.2. The number of Topliss-reactive ketones (excluding diaryl/α,β-unsaturated/α-hetero) is 1. The molecule has 1 fully saturated rings. The molecule has 0 bridgehead atoms. The maximum absolute atomic E-state index is 12.2. The van der Waals surface area contributed by atoms with Crippen LogP contribution in [0.3, 0.4) is 0 Å². The maximum atomic E-state index is 12.2. The fraction of sp³-hybridized carbons (Fsp3) is 0.286. The molecule has 0 N–H and O–H groups in total. The van der Waals surface area contributed by atoms with Crippen molar-refractivity contribution in [1.82, 2.24) is 4.90 Å². The van der Waals surface area contributed by atoms with Crippen LogP contribution in [0.4, 0.5) is 5.69 Å². The van der Waals surface area contributed by atoms with E-state index in [0.29, 0.717) is 31.5 Å². The molecule has 1 aliphatic rings. The van der Waals surface area contributed by atoms with Gasteiger partial charge in [-0.25, -0.2) is 0 Å². The number of nitrogens with zero attached hydrogens (tertiary/aromatic N) is 2. The van der Waals surface area contributed by atoms with Crippen LogP contribution in [0, 0.1) is 10.1 Å². The molecule has 0 saturated carbocycles. The van der Waals surface area contributed by atoms with Gasteiger partial charge in [-0.1, -0.05) is 18.7 Å². The van der Waals surface area contributed by atoms with Crippen molar-refractivity contribution in [3.8, 4) is 0 Å². The molecule has 0 unspecified atom stereocenters. The molecule has 1 heterocycles. The van der Waals surface area contributed by atoms with Gasteiger partial charge >= 0.3 is 0 Å². The Bertz CT molecular complexity index is 585. The van der Waals surface area contributed by atoms with E-state index >= 15 is 0 Å². The fourth-order valence-electron chi connectivity index (χ4n) is 2.08. The molecule has 1 aliphatic heterocycles. The number of carbonyl (C=O) groups is 2. The van der Waals surface area contributed by atoms with Gasteiger partial charge in [0, 0.05) is 43.6 Å². The third kappa shape index (κ3) is 2.90. The van der Waals surface area contributed by atoms with Crippen LogP contribution in [0.2, 0.25) is 0 Å². The number of hydrogen-bond donors (Lipinski definition) is 0. The smallest absolute Gasteiger partial charge is 0.270 e. The second kappa shape index (κ2) is 5.64. The van der Waals surface area contributed by atoms with Gasteiger partial charge in [0.25, 0.3) is 11.6 Å². The minimum Gasteiger partial charge on any atom is -0.338 e. The lowest BCUT2D eigenvalue weighted by atomic mass is 10.0. The first-order chi connectivity index (χ1) is 9.49. The second-order valence-electron chi connectivity index (χ2n) is 4.62. The van der Waals surface area contributed by atoms with Crippen molar-refractivity contribution in [2.24, 2.45) is 0 Å². The summed E-state index contributed by atoms with van der Waals surface area (Å²) in [5.74, 6) is -0.131. The van der Waals surface area contributed by atoms with E-state index in [1.165, 1.54) is 18.2 Å². The zero-order valence-electron chi connectivity index (χ0n) is 10.9. The number of rotatable bonds is 3. The summed E-state index contributed by atoms with van der Waals surface area (Å²) in [5.41, 5.74) is 0.564. The molecule has 6 nitrogen and oxygen atoms in total. The van der Waals surface area contributed by atoms with E-state index in [1.54, 1.807) is 11.0 Å². The Morgan fingerprint density at radius 3 is 2.55 bits per heavy atom. The molecule has 0 atom stereocenters. The molecule has 0 radical (unpaired) electrons. The Morgan fingerprint density at radius 1 is 1.30 bits per heavy atom. The predicted octanol–water partition coefficient (Wildman–Crippen LogP) is 1.80. The Balaban J connectivity index is 2.14. The molecule has 1 aromatic carbocycles. The first-order valence-corrected chi connectivity index (χ1v) is 6.24. The zero-order chi connectivity index (χ0) is 14.7. The van der Waals surface area contributed by atoms with Crippen LogP contribution >= 0.6 is 0 Å². The van der Waals surface area contributed by atoms with E-state index in [2.05, 4.69) is 6.58 Å². The van der Waals surface area contributed by atoms with E-state index in [1.807, 2.05) is 0 Å². The number of benzene rings is 1.